The number of benzene rings is 1. The van der Waals surface area contributed by atoms with Gasteiger partial charge in [-0.2, -0.15) is 8.42 Å². The summed E-state index contributed by atoms with van der Waals surface area (Å²) in [5.41, 5.74) is 1.14. The molecule has 100 valence electrons. The van der Waals surface area contributed by atoms with Crippen LogP contribution in [-0.2, 0) is 10.1 Å². The molecule has 0 aliphatic carbocycles. The van der Waals surface area contributed by atoms with Gasteiger partial charge in [-0.05, 0) is 31.5 Å². The lowest BCUT2D eigenvalue weighted by molar-refractivity contribution is 0.101. The van der Waals surface area contributed by atoms with E-state index in [1.165, 1.54) is 6.92 Å². The zero-order valence-electron chi connectivity index (χ0n) is 9.81. The highest BCUT2D eigenvalue weighted by Crippen LogP contribution is 2.21. The van der Waals surface area contributed by atoms with Gasteiger partial charge < -0.3 is 5.32 Å². The standard InChI is InChI=1S/C11H14ClNO4S/c1-8(14)10-4-3-9(7-11(10)12)13-5-2-6-18(15,16)17/h3-4,7,13H,2,5-6H2,1H3,(H,15,16,17). The summed E-state index contributed by atoms with van der Waals surface area (Å²) in [6.07, 6.45) is 0.283. The van der Waals surface area contributed by atoms with Crippen LogP contribution in [0.1, 0.15) is 23.7 Å². The van der Waals surface area contributed by atoms with Gasteiger partial charge in [-0.25, -0.2) is 0 Å². The molecule has 0 unspecified atom stereocenters. The predicted molar refractivity (Wildman–Crippen MR) is 71.0 cm³/mol. The summed E-state index contributed by atoms with van der Waals surface area (Å²) in [5.74, 6) is -0.405. The number of rotatable bonds is 6. The Morgan fingerprint density at radius 3 is 2.61 bits per heavy atom. The second-order valence-electron chi connectivity index (χ2n) is 3.82. The fourth-order valence-corrected chi connectivity index (χ4v) is 2.22. The lowest BCUT2D eigenvalue weighted by Crippen LogP contribution is -2.10. The summed E-state index contributed by atoms with van der Waals surface area (Å²) in [5, 5.41) is 3.30. The first kappa shape index (κ1) is 14.9. The van der Waals surface area contributed by atoms with Crippen molar-refractivity contribution in [1.82, 2.24) is 0 Å². The Morgan fingerprint density at radius 1 is 1.44 bits per heavy atom. The van der Waals surface area contributed by atoms with Crippen molar-refractivity contribution in [2.45, 2.75) is 13.3 Å². The minimum Gasteiger partial charge on any atom is -0.385 e. The Bertz CT molecular complexity index is 542. The number of carbonyl (C=O) groups excluding carboxylic acids is 1. The largest absolute Gasteiger partial charge is 0.385 e. The van der Waals surface area contributed by atoms with Gasteiger partial charge in [0.15, 0.2) is 5.78 Å². The first-order valence-corrected chi connectivity index (χ1v) is 7.28. The van der Waals surface area contributed by atoms with Gasteiger partial charge in [0, 0.05) is 17.8 Å². The van der Waals surface area contributed by atoms with Crippen LogP contribution in [0, 0.1) is 0 Å². The molecule has 7 heteroatoms. The molecule has 0 bridgehead atoms. The maximum Gasteiger partial charge on any atom is 0.264 e. The molecule has 1 aromatic carbocycles. The highest BCUT2D eigenvalue weighted by molar-refractivity contribution is 7.85. The van der Waals surface area contributed by atoms with Crippen molar-refractivity contribution in [2.24, 2.45) is 0 Å². The van der Waals surface area contributed by atoms with Crippen molar-refractivity contribution >= 4 is 33.2 Å². The number of hydrogen-bond acceptors (Lipinski definition) is 4. The van der Waals surface area contributed by atoms with Crippen LogP contribution in [0.3, 0.4) is 0 Å². The molecule has 1 aromatic rings. The van der Waals surface area contributed by atoms with E-state index in [1.807, 2.05) is 0 Å². The van der Waals surface area contributed by atoms with Gasteiger partial charge in [0.2, 0.25) is 0 Å². The predicted octanol–water partition coefficient (Wildman–Crippen LogP) is 2.23. The van der Waals surface area contributed by atoms with Crippen molar-refractivity contribution in [3.8, 4) is 0 Å². The molecule has 0 aliphatic heterocycles. The van der Waals surface area contributed by atoms with Gasteiger partial charge in [0.25, 0.3) is 10.1 Å². The molecule has 5 nitrogen and oxygen atoms in total. The SMILES string of the molecule is CC(=O)c1ccc(NCCCS(=O)(=O)O)cc1Cl. The van der Waals surface area contributed by atoms with Gasteiger partial charge in [-0.3, -0.25) is 9.35 Å². The molecule has 0 heterocycles. The summed E-state index contributed by atoms with van der Waals surface area (Å²) in [6.45, 7) is 1.82. The molecule has 18 heavy (non-hydrogen) atoms. The van der Waals surface area contributed by atoms with E-state index in [0.717, 1.165) is 0 Å². The van der Waals surface area contributed by atoms with E-state index in [0.29, 0.717) is 22.8 Å². The van der Waals surface area contributed by atoms with Crippen LogP contribution in [0.5, 0.6) is 0 Å². The molecule has 0 fully saturated rings. The van der Waals surface area contributed by atoms with Crippen molar-refractivity contribution < 1.29 is 17.8 Å². The van der Waals surface area contributed by atoms with Crippen molar-refractivity contribution in [3.05, 3.63) is 28.8 Å². The molecule has 0 atom stereocenters. The smallest absolute Gasteiger partial charge is 0.264 e. The van der Waals surface area contributed by atoms with Crippen LogP contribution in [0.4, 0.5) is 5.69 Å². The van der Waals surface area contributed by atoms with Gasteiger partial charge >= 0.3 is 0 Å². The monoisotopic (exact) mass is 291 g/mol. The van der Waals surface area contributed by atoms with E-state index in [-0.39, 0.29) is 18.0 Å². The summed E-state index contributed by atoms with van der Waals surface area (Å²) in [4.78, 5) is 11.1. The lowest BCUT2D eigenvalue weighted by atomic mass is 10.1. The zero-order valence-corrected chi connectivity index (χ0v) is 11.4. The molecule has 0 saturated heterocycles. The molecule has 2 N–H and O–H groups in total. The second-order valence-corrected chi connectivity index (χ2v) is 5.80. The minimum absolute atomic E-state index is 0.113. The highest BCUT2D eigenvalue weighted by atomic mass is 35.5. The number of ketones is 1. The Morgan fingerprint density at radius 2 is 2.11 bits per heavy atom. The van der Waals surface area contributed by atoms with Gasteiger partial charge in [-0.15, -0.1) is 0 Å². The molecular formula is C11H14ClNO4S. The fourth-order valence-electron chi connectivity index (χ4n) is 1.40. The van der Waals surface area contributed by atoms with Crippen LogP contribution >= 0.6 is 11.6 Å². The first-order chi connectivity index (χ1) is 8.29. The third kappa shape index (κ3) is 5.03. The first-order valence-electron chi connectivity index (χ1n) is 5.29. The second kappa shape index (κ2) is 6.17. The quantitative estimate of drug-likeness (QED) is 0.477. The van der Waals surface area contributed by atoms with Gasteiger partial charge in [0.1, 0.15) is 0 Å². The van der Waals surface area contributed by atoms with E-state index >= 15 is 0 Å². The summed E-state index contributed by atoms with van der Waals surface area (Å²) < 4.78 is 29.5. The highest BCUT2D eigenvalue weighted by Gasteiger charge is 2.06. The molecule has 0 aromatic heterocycles. The van der Waals surface area contributed by atoms with E-state index in [4.69, 9.17) is 16.2 Å². The van der Waals surface area contributed by atoms with E-state index in [2.05, 4.69) is 5.32 Å². The van der Waals surface area contributed by atoms with Crippen molar-refractivity contribution in [1.29, 1.82) is 0 Å². The average molecular weight is 292 g/mol. The number of carbonyl (C=O) groups is 1. The van der Waals surface area contributed by atoms with Gasteiger partial charge in [-0.1, -0.05) is 11.6 Å². The van der Waals surface area contributed by atoms with Crippen LogP contribution in [0.25, 0.3) is 0 Å². The normalized spacial score (nSPS) is 11.3. The Balaban J connectivity index is 2.54. The molecular weight excluding hydrogens is 278 g/mol. The average Bonchev–Trinajstić information content (AvgIpc) is 2.22. The molecule has 0 saturated carbocycles. The fraction of sp³-hybridized carbons (Fsp3) is 0.364. The molecule has 0 spiro atoms. The Hall–Kier alpha value is -1.11. The Labute approximate surface area is 111 Å². The molecule has 0 amide bonds. The maximum absolute atomic E-state index is 11.1. The topological polar surface area (TPSA) is 83.5 Å². The Kier molecular flexibility index (Phi) is 5.13. The third-order valence-electron chi connectivity index (χ3n) is 2.26. The third-order valence-corrected chi connectivity index (χ3v) is 3.37. The van der Waals surface area contributed by atoms with Crippen LogP contribution in [0.2, 0.25) is 5.02 Å². The summed E-state index contributed by atoms with van der Waals surface area (Å²) >= 11 is 5.91. The number of nitrogens with one attached hydrogen (secondary N) is 1. The number of hydrogen-bond donors (Lipinski definition) is 2. The van der Waals surface area contributed by atoms with E-state index < -0.39 is 10.1 Å². The summed E-state index contributed by atoms with van der Waals surface area (Å²) in [6, 6.07) is 4.90. The van der Waals surface area contributed by atoms with Crippen LogP contribution in [-0.4, -0.2) is 31.1 Å². The van der Waals surface area contributed by atoms with Crippen molar-refractivity contribution in [2.75, 3.05) is 17.6 Å². The summed E-state index contributed by atoms with van der Waals surface area (Å²) in [7, 11) is -3.92. The zero-order chi connectivity index (χ0) is 13.8. The van der Waals surface area contributed by atoms with Crippen LogP contribution in [0.15, 0.2) is 18.2 Å². The molecule has 0 aliphatic rings. The van der Waals surface area contributed by atoms with Gasteiger partial charge in [0.05, 0.1) is 10.8 Å². The molecule has 1 rings (SSSR count). The lowest BCUT2D eigenvalue weighted by Gasteiger charge is -2.07. The number of halogens is 1. The number of anilines is 1. The van der Waals surface area contributed by atoms with Crippen LogP contribution < -0.4 is 5.32 Å². The number of Topliss-reactive ketones (excluding diaryl/α,β-unsaturated/α-hetero) is 1. The van der Waals surface area contributed by atoms with E-state index in [1.54, 1.807) is 18.2 Å². The van der Waals surface area contributed by atoms with Crippen molar-refractivity contribution in [3.63, 3.8) is 0 Å². The minimum atomic E-state index is -3.92. The molecule has 0 radical (unpaired) electrons. The van der Waals surface area contributed by atoms with E-state index in [9.17, 15) is 13.2 Å². The maximum atomic E-state index is 11.1.